The van der Waals surface area contributed by atoms with Crippen LogP contribution in [0.25, 0.3) is 0 Å². The van der Waals surface area contributed by atoms with E-state index in [-0.39, 0.29) is 17.9 Å². The van der Waals surface area contributed by atoms with Crippen LogP contribution in [-0.2, 0) is 14.4 Å². The van der Waals surface area contributed by atoms with Gasteiger partial charge in [0, 0.05) is 12.2 Å². The van der Waals surface area contributed by atoms with Gasteiger partial charge in [0.05, 0.1) is 11.9 Å². The van der Waals surface area contributed by atoms with Gasteiger partial charge < -0.3 is 20.1 Å². The lowest BCUT2D eigenvalue weighted by Gasteiger charge is -2.25. The van der Waals surface area contributed by atoms with E-state index in [0.29, 0.717) is 23.8 Å². The molecule has 0 spiro atoms. The first-order valence-corrected chi connectivity index (χ1v) is 10.2. The maximum absolute atomic E-state index is 12.7. The SMILES string of the molecule is CCCCC(=O)N1CSCC1C(=O)NC(C)c1ccc(OCC(=O)O)cc1. The number of rotatable bonds is 9. The maximum atomic E-state index is 12.7. The normalized spacial score (nSPS) is 17.4. The van der Waals surface area contributed by atoms with Crippen molar-refractivity contribution >= 4 is 29.5 Å². The molecule has 148 valence electrons. The van der Waals surface area contributed by atoms with Crippen molar-refractivity contribution in [3.63, 3.8) is 0 Å². The fraction of sp³-hybridized carbons (Fsp3) is 0.526. The van der Waals surface area contributed by atoms with Crippen LogP contribution in [0.15, 0.2) is 24.3 Å². The summed E-state index contributed by atoms with van der Waals surface area (Å²) >= 11 is 1.59. The number of ether oxygens (including phenoxy) is 1. The van der Waals surface area contributed by atoms with Gasteiger partial charge in [-0.3, -0.25) is 9.59 Å². The lowest BCUT2D eigenvalue weighted by molar-refractivity contribution is -0.139. The highest BCUT2D eigenvalue weighted by Crippen LogP contribution is 2.24. The van der Waals surface area contributed by atoms with Crippen LogP contribution in [0.1, 0.15) is 44.7 Å². The summed E-state index contributed by atoms with van der Waals surface area (Å²) in [6, 6.07) is 6.26. The van der Waals surface area contributed by atoms with Crippen molar-refractivity contribution in [3.05, 3.63) is 29.8 Å². The number of carbonyl (C=O) groups is 3. The van der Waals surface area contributed by atoms with Crippen molar-refractivity contribution < 1.29 is 24.2 Å². The van der Waals surface area contributed by atoms with Gasteiger partial charge >= 0.3 is 5.97 Å². The van der Waals surface area contributed by atoms with Crippen LogP contribution in [0.2, 0.25) is 0 Å². The van der Waals surface area contributed by atoms with E-state index in [1.54, 1.807) is 40.9 Å². The smallest absolute Gasteiger partial charge is 0.341 e. The van der Waals surface area contributed by atoms with E-state index in [1.165, 1.54) is 0 Å². The summed E-state index contributed by atoms with van der Waals surface area (Å²) in [5.74, 6) is 0.480. The van der Waals surface area contributed by atoms with Crippen molar-refractivity contribution in [1.29, 1.82) is 0 Å². The molecule has 8 heteroatoms. The Balaban J connectivity index is 1.92. The van der Waals surface area contributed by atoms with Crippen LogP contribution in [0.4, 0.5) is 0 Å². The lowest BCUT2D eigenvalue weighted by atomic mass is 10.1. The Hall–Kier alpha value is -2.22. The molecule has 2 amide bonds. The Labute approximate surface area is 163 Å². The zero-order valence-corrected chi connectivity index (χ0v) is 16.5. The summed E-state index contributed by atoms with van der Waals surface area (Å²) in [6.45, 7) is 3.51. The number of hydrogen-bond acceptors (Lipinski definition) is 5. The number of amides is 2. The van der Waals surface area contributed by atoms with Crippen LogP contribution in [-0.4, -0.2) is 52.1 Å². The molecule has 0 saturated carbocycles. The molecule has 1 aromatic rings. The highest BCUT2D eigenvalue weighted by molar-refractivity contribution is 7.99. The third-order valence-electron chi connectivity index (χ3n) is 4.35. The Morgan fingerprint density at radius 1 is 1.33 bits per heavy atom. The number of nitrogens with one attached hydrogen (secondary N) is 1. The summed E-state index contributed by atoms with van der Waals surface area (Å²) in [7, 11) is 0. The summed E-state index contributed by atoms with van der Waals surface area (Å²) in [5, 5.41) is 11.6. The number of carboxylic acids is 1. The van der Waals surface area contributed by atoms with Crippen LogP contribution in [0.3, 0.4) is 0 Å². The molecule has 27 heavy (non-hydrogen) atoms. The Morgan fingerprint density at radius 2 is 2.04 bits per heavy atom. The summed E-state index contributed by atoms with van der Waals surface area (Å²) < 4.78 is 5.10. The maximum Gasteiger partial charge on any atom is 0.341 e. The Kier molecular flexibility index (Phi) is 7.97. The van der Waals surface area contributed by atoms with Gasteiger partial charge in [0.15, 0.2) is 6.61 Å². The van der Waals surface area contributed by atoms with Gasteiger partial charge in [0.25, 0.3) is 0 Å². The minimum Gasteiger partial charge on any atom is -0.482 e. The first kappa shape index (κ1) is 21.1. The summed E-state index contributed by atoms with van der Waals surface area (Å²) in [6.07, 6.45) is 2.27. The highest BCUT2D eigenvalue weighted by Gasteiger charge is 2.34. The van der Waals surface area contributed by atoms with E-state index in [1.807, 2.05) is 13.8 Å². The largest absolute Gasteiger partial charge is 0.482 e. The fourth-order valence-electron chi connectivity index (χ4n) is 2.77. The molecule has 0 aliphatic carbocycles. The molecule has 0 bridgehead atoms. The molecule has 1 aliphatic heterocycles. The van der Waals surface area contributed by atoms with Gasteiger partial charge in [-0.1, -0.05) is 25.5 Å². The highest BCUT2D eigenvalue weighted by atomic mass is 32.2. The van der Waals surface area contributed by atoms with Gasteiger partial charge in [0.2, 0.25) is 11.8 Å². The topological polar surface area (TPSA) is 95.9 Å². The van der Waals surface area contributed by atoms with Crippen LogP contribution in [0.5, 0.6) is 5.75 Å². The quantitative estimate of drug-likeness (QED) is 0.668. The van der Waals surface area contributed by atoms with Gasteiger partial charge in [-0.2, -0.15) is 0 Å². The molecular weight excluding hydrogens is 368 g/mol. The van der Waals surface area contributed by atoms with Crippen molar-refractivity contribution in [2.45, 2.75) is 45.2 Å². The average Bonchev–Trinajstić information content (AvgIpc) is 3.14. The molecule has 2 unspecified atom stereocenters. The third-order valence-corrected chi connectivity index (χ3v) is 5.36. The lowest BCUT2D eigenvalue weighted by Crippen LogP contribution is -2.47. The Morgan fingerprint density at radius 3 is 2.67 bits per heavy atom. The first-order valence-electron chi connectivity index (χ1n) is 9.04. The fourth-order valence-corrected chi connectivity index (χ4v) is 3.95. The number of hydrogen-bond donors (Lipinski definition) is 2. The van der Waals surface area contributed by atoms with Gasteiger partial charge in [-0.25, -0.2) is 4.79 Å². The zero-order chi connectivity index (χ0) is 19.8. The zero-order valence-electron chi connectivity index (χ0n) is 15.6. The number of thioether (sulfide) groups is 1. The molecule has 1 aromatic carbocycles. The number of nitrogens with zero attached hydrogens (tertiary/aromatic N) is 1. The second kappa shape index (κ2) is 10.2. The minimum atomic E-state index is -1.04. The number of unbranched alkanes of at least 4 members (excludes halogenated alkanes) is 1. The van der Waals surface area contributed by atoms with E-state index in [9.17, 15) is 14.4 Å². The van der Waals surface area contributed by atoms with Crippen LogP contribution in [0, 0.1) is 0 Å². The molecule has 1 heterocycles. The average molecular weight is 394 g/mol. The molecule has 1 fully saturated rings. The van der Waals surface area contributed by atoms with Crippen molar-refractivity contribution in [2.24, 2.45) is 0 Å². The van der Waals surface area contributed by atoms with Gasteiger partial charge in [-0.05, 0) is 31.0 Å². The molecule has 2 atom stereocenters. The molecule has 0 radical (unpaired) electrons. The standard InChI is InChI=1S/C19H26N2O5S/c1-3-4-5-17(22)21-12-27-11-16(21)19(25)20-13(2)14-6-8-15(9-7-14)26-10-18(23)24/h6-9,13,16H,3-5,10-12H2,1-2H3,(H,20,25)(H,23,24). The second-order valence-corrected chi connectivity index (χ2v) is 7.46. The van der Waals surface area contributed by atoms with Crippen LogP contribution >= 0.6 is 11.8 Å². The number of carboxylic acid groups (broad SMARTS) is 1. The molecule has 2 N–H and O–H groups in total. The number of aliphatic carboxylic acids is 1. The summed E-state index contributed by atoms with van der Waals surface area (Å²) in [4.78, 5) is 37.1. The van der Waals surface area contributed by atoms with Gasteiger partial charge in [0.1, 0.15) is 11.8 Å². The molecule has 2 rings (SSSR count). The monoisotopic (exact) mass is 394 g/mol. The molecular formula is C19H26N2O5S. The van der Waals surface area contributed by atoms with Crippen LogP contribution < -0.4 is 10.1 Å². The minimum absolute atomic E-state index is 0.0367. The third kappa shape index (κ3) is 6.16. The van der Waals surface area contributed by atoms with E-state index in [0.717, 1.165) is 18.4 Å². The van der Waals surface area contributed by atoms with E-state index in [4.69, 9.17) is 9.84 Å². The van der Waals surface area contributed by atoms with Gasteiger partial charge in [-0.15, -0.1) is 11.8 Å². The molecule has 0 aromatic heterocycles. The first-order chi connectivity index (χ1) is 12.9. The van der Waals surface area contributed by atoms with Crippen molar-refractivity contribution in [1.82, 2.24) is 10.2 Å². The number of benzene rings is 1. The van der Waals surface area contributed by atoms with Crippen molar-refractivity contribution in [2.75, 3.05) is 18.2 Å². The van der Waals surface area contributed by atoms with E-state index >= 15 is 0 Å². The Bertz CT molecular complexity index is 665. The predicted octanol–water partition coefficient (Wildman–Crippen LogP) is 2.42. The molecule has 7 nitrogen and oxygen atoms in total. The molecule has 1 saturated heterocycles. The van der Waals surface area contributed by atoms with E-state index < -0.39 is 18.6 Å². The van der Waals surface area contributed by atoms with E-state index in [2.05, 4.69) is 5.32 Å². The number of carbonyl (C=O) groups excluding carboxylic acids is 2. The van der Waals surface area contributed by atoms with Crippen molar-refractivity contribution in [3.8, 4) is 5.75 Å². The summed E-state index contributed by atoms with van der Waals surface area (Å²) in [5.41, 5.74) is 0.875. The second-order valence-electron chi connectivity index (χ2n) is 6.46. The molecule has 1 aliphatic rings. The predicted molar refractivity (Wildman–Crippen MR) is 104 cm³/mol.